The van der Waals surface area contributed by atoms with E-state index in [1.54, 1.807) is 0 Å². The van der Waals surface area contributed by atoms with Gasteiger partial charge in [-0.1, -0.05) is 6.07 Å². The van der Waals surface area contributed by atoms with Gasteiger partial charge in [-0.2, -0.15) is 0 Å². The average Bonchev–Trinajstić information content (AvgIpc) is 3.02. The van der Waals surface area contributed by atoms with Crippen molar-refractivity contribution in [2.45, 2.75) is 25.5 Å². The molecule has 20 heavy (non-hydrogen) atoms. The smallest absolute Gasteiger partial charge is 0.253 e. The zero-order valence-corrected chi connectivity index (χ0v) is 11.7. The number of nitrogens with zero attached hydrogens (tertiary/aromatic N) is 3. The molecule has 5 nitrogen and oxygen atoms in total. The maximum Gasteiger partial charge on any atom is 0.253 e. The number of rotatable bonds is 3. The number of hydrogen-bond donors (Lipinski definition) is 0. The molecule has 1 aromatic rings. The van der Waals surface area contributed by atoms with E-state index < -0.39 is 0 Å². The van der Waals surface area contributed by atoms with Gasteiger partial charge in [0.15, 0.2) is 0 Å². The van der Waals surface area contributed by atoms with Crippen molar-refractivity contribution in [3.05, 3.63) is 30.1 Å². The summed E-state index contributed by atoms with van der Waals surface area (Å²) in [7, 11) is 0. The van der Waals surface area contributed by atoms with Crippen molar-refractivity contribution in [2.75, 3.05) is 32.8 Å². The van der Waals surface area contributed by atoms with Crippen LogP contribution in [0, 0.1) is 0 Å². The third-order valence-corrected chi connectivity index (χ3v) is 3.96. The van der Waals surface area contributed by atoms with Crippen LogP contribution in [-0.2, 0) is 16.1 Å². The van der Waals surface area contributed by atoms with Crippen molar-refractivity contribution in [3.63, 3.8) is 0 Å². The number of carbonyl (C=O) groups excluding carboxylic acids is 1. The Morgan fingerprint density at radius 1 is 1.30 bits per heavy atom. The Morgan fingerprint density at radius 2 is 2.15 bits per heavy atom. The first kappa shape index (κ1) is 13.5. The van der Waals surface area contributed by atoms with Crippen LogP contribution >= 0.6 is 0 Å². The second-order valence-corrected chi connectivity index (χ2v) is 5.45. The van der Waals surface area contributed by atoms with Crippen molar-refractivity contribution in [3.8, 4) is 0 Å². The number of likely N-dealkylation sites (tertiary alicyclic amines) is 1. The lowest BCUT2D eigenvalue weighted by molar-refractivity contribution is -0.148. The van der Waals surface area contributed by atoms with Gasteiger partial charge in [-0.25, -0.2) is 0 Å². The summed E-state index contributed by atoms with van der Waals surface area (Å²) in [6.45, 7) is 4.72. The summed E-state index contributed by atoms with van der Waals surface area (Å²) in [4.78, 5) is 20.9. The molecule has 2 fully saturated rings. The molecule has 0 aliphatic carbocycles. The molecule has 3 rings (SSSR count). The van der Waals surface area contributed by atoms with Crippen LogP contribution in [0.2, 0.25) is 0 Å². The zero-order valence-electron chi connectivity index (χ0n) is 11.7. The summed E-state index contributed by atoms with van der Waals surface area (Å²) in [5.74, 6) is 0.160. The lowest BCUT2D eigenvalue weighted by Crippen LogP contribution is -2.50. The lowest BCUT2D eigenvalue weighted by atomic mass is 10.2. The van der Waals surface area contributed by atoms with Crippen molar-refractivity contribution >= 4 is 5.91 Å². The van der Waals surface area contributed by atoms with Crippen LogP contribution in [0.4, 0.5) is 0 Å². The summed E-state index contributed by atoms with van der Waals surface area (Å²) in [6, 6.07) is 5.94. The molecule has 0 radical (unpaired) electrons. The van der Waals surface area contributed by atoms with Crippen LogP contribution in [-0.4, -0.2) is 59.6 Å². The highest BCUT2D eigenvalue weighted by Gasteiger charge is 2.31. The molecule has 0 N–H and O–H groups in total. The second-order valence-electron chi connectivity index (χ2n) is 5.45. The highest BCUT2D eigenvalue weighted by molar-refractivity contribution is 5.81. The maximum atomic E-state index is 12.4. The molecular formula is C15H21N3O2. The summed E-state index contributed by atoms with van der Waals surface area (Å²) in [6.07, 6.45) is 3.75. The fourth-order valence-corrected chi connectivity index (χ4v) is 2.86. The molecule has 2 aliphatic heterocycles. The molecule has 1 atom stereocenters. The monoisotopic (exact) mass is 275 g/mol. The Bertz CT molecular complexity index is 446. The number of pyridine rings is 1. The minimum absolute atomic E-state index is 0.160. The largest absolute Gasteiger partial charge is 0.366 e. The molecule has 1 amide bonds. The highest BCUT2D eigenvalue weighted by atomic mass is 16.5. The number of morpholine rings is 1. The molecule has 0 spiro atoms. The minimum atomic E-state index is -0.300. The minimum Gasteiger partial charge on any atom is -0.366 e. The van der Waals surface area contributed by atoms with Gasteiger partial charge in [0.25, 0.3) is 5.91 Å². The number of hydrogen-bond acceptors (Lipinski definition) is 4. The molecule has 3 heterocycles. The van der Waals surface area contributed by atoms with Gasteiger partial charge in [-0.3, -0.25) is 14.7 Å². The molecule has 2 aliphatic rings. The van der Waals surface area contributed by atoms with E-state index in [9.17, 15) is 4.79 Å². The molecule has 1 unspecified atom stereocenters. The fourth-order valence-electron chi connectivity index (χ4n) is 2.86. The van der Waals surface area contributed by atoms with Crippen LogP contribution in [0.5, 0.6) is 0 Å². The van der Waals surface area contributed by atoms with Crippen molar-refractivity contribution in [1.82, 2.24) is 14.8 Å². The Labute approximate surface area is 119 Å². The van der Waals surface area contributed by atoms with Gasteiger partial charge in [0.2, 0.25) is 0 Å². The van der Waals surface area contributed by atoms with Crippen molar-refractivity contribution < 1.29 is 9.53 Å². The van der Waals surface area contributed by atoms with Gasteiger partial charge in [0.1, 0.15) is 6.10 Å². The first-order chi connectivity index (χ1) is 9.83. The predicted molar refractivity (Wildman–Crippen MR) is 75.1 cm³/mol. The quantitative estimate of drug-likeness (QED) is 0.822. The van der Waals surface area contributed by atoms with Gasteiger partial charge >= 0.3 is 0 Å². The first-order valence-corrected chi connectivity index (χ1v) is 7.35. The fraction of sp³-hybridized carbons (Fsp3) is 0.600. The summed E-state index contributed by atoms with van der Waals surface area (Å²) in [5.41, 5.74) is 1.04. The molecule has 0 aromatic carbocycles. The van der Waals surface area contributed by atoms with E-state index in [0.29, 0.717) is 13.2 Å². The van der Waals surface area contributed by atoms with Gasteiger partial charge in [-0.05, 0) is 25.0 Å². The van der Waals surface area contributed by atoms with Crippen LogP contribution in [0.1, 0.15) is 18.5 Å². The van der Waals surface area contributed by atoms with E-state index in [2.05, 4.69) is 9.88 Å². The van der Waals surface area contributed by atoms with Crippen molar-refractivity contribution in [1.29, 1.82) is 0 Å². The second kappa shape index (κ2) is 6.33. The summed E-state index contributed by atoms with van der Waals surface area (Å²) >= 11 is 0. The highest BCUT2D eigenvalue weighted by Crippen LogP contribution is 2.15. The van der Waals surface area contributed by atoms with E-state index >= 15 is 0 Å². The van der Waals surface area contributed by atoms with E-state index in [4.69, 9.17) is 4.74 Å². The van der Waals surface area contributed by atoms with Gasteiger partial charge in [0.05, 0.1) is 12.3 Å². The molecule has 108 valence electrons. The summed E-state index contributed by atoms with van der Waals surface area (Å²) < 4.78 is 5.67. The molecule has 1 aromatic heterocycles. The van der Waals surface area contributed by atoms with Gasteiger partial charge in [-0.15, -0.1) is 0 Å². The van der Waals surface area contributed by atoms with Crippen LogP contribution in [0.15, 0.2) is 24.4 Å². The van der Waals surface area contributed by atoms with E-state index in [-0.39, 0.29) is 12.0 Å². The topological polar surface area (TPSA) is 45.7 Å². The van der Waals surface area contributed by atoms with Crippen LogP contribution < -0.4 is 0 Å². The maximum absolute atomic E-state index is 12.4. The van der Waals surface area contributed by atoms with Gasteiger partial charge < -0.3 is 9.64 Å². The Hall–Kier alpha value is -1.46. The summed E-state index contributed by atoms with van der Waals surface area (Å²) in [5, 5.41) is 0. The van der Waals surface area contributed by atoms with E-state index in [1.165, 1.54) is 0 Å². The molecular weight excluding hydrogens is 254 g/mol. The van der Waals surface area contributed by atoms with E-state index in [1.807, 2.05) is 29.3 Å². The van der Waals surface area contributed by atoms with Crippen molar-refractivity contribution in [2.24, 2.45) is 0 Å². The Kier molecular flexibility index (Phi) is 4.28. The molecule has 2 saturated heterocycles. The number of ether oxygens (including phenoxy) is 1. The first-order valence-electron chi connectivity index (χ1n) is 7.35. The SMILES string of the molecule is O=C(C1CN(Cc2ccccn2)CCO1)N1CCCC1. The van der Waals surface area contributed by atoms with Crippen LogP contribution in [0.3, 0.4) is 0 Å². The third-order valence-electron chi connectivity index (χ3n) is 3.96. The molecule has 0 saturated carbocycles. The Balaban J connectivity index is 1.57. The molecule has 5 heteroatoms. The number of carbonyl (C=O) groups is 1. The Morgan fingerprint density at radius 3 is 2.90 bits per heavy atom. The standard InChI is InChI=1S/C15H21N3O2/c19-15(18-7-3-4-8-18)14-12-17(9-10-20-14)11-13-5-1-2-6-16-13/h1-2,5-6,14H,3-4,7-12H2. The average molecular weight is 275 g/mol. The normalized spacial score (nSPS) is 24.0. The third kappa shape index (κ3) is 3.16. The lowest BCUT2D eigenvalue weighted by Gasteiger charge is -2.33. The number of amides is 1. The van der Waals surface area contributed by atoms with Gasteiger partial charge in [0, 0.05) is 38.9 Å². The van der Waals surface area contributed by atoms with E-state index in [0.717, 1.165) is 44.7 Å². The zero-order chi connectivity index (χ0) is 13.8. The van der Waals surface area contributed by atoms with Crippen LogP contribution in [0.25, 0.3) is 0 Å². The molecule has 0 bridgehead atoms. The predicted octanol–water partition coefficient (Wildman–Crippen LogP) is 0.905. The number of aromatic nitrogens is 1.